The molecule has 0 saturated heterocycles. The first-order chi connectivity index (χ1) is 10.8. The van der Waals surface area contributed by atoms with Gasteiger partial charge in [0.15, 0.2) is 0 Å². The van der Waals surface area contributed by atoms with Crippen molar-refractivity contribution < 1.29 is 5.11 Å². The predicted octanol–water partition coefficient (Wildman–Crippen LogP) is 3.91. The van der Waals surface area contributed by atoms with Crippen LogP contribution in [-0.4, -0.2) is 21.3 Å². The van der Waals surface area contributed by atoms with E-state index < -0.39 is 0 Å². The molecule has 0 aliphatic heterocycles. The smallest absolute Gasteiger partial charge is 0.140 e. The zero-order valence-electron chi connectivity index (χ0n) is 13.4. The molecule has 1 N–H and O–H groups in total. The zero-order chi connectivity index (χ0) is 15.4. The summed E-state index contributed by atoms with van der Waals surface area (Å²) < 4.78 is 2.32. The van der Waals surface area contributed by atoms with Gasteiger partial charge in [-0.3, -0.25) is 0 Å². The first kappa shape index (κ1) is 15.3. The summed E-state index contributed by atoms with van der Waals surface area (Å²) in [6, 6.07) is 8.58. The molecule has 1 saturated carbocycles. The number of aliphatic hydroxyl groups is 1. The van der Waals surface area contributed by atoms with Crippen LogP contribution in [-0.2, 0) is 13.0 Å². The Hall–Kier alpha value is -1.61. The fourth-order valence-electron chi connectivity index (χ4n) is 3.62. The van der Waals surface area contributed by atoms with Crippen molar-refractivity contribution in [1.82, 2.24) is 9.55 Å². The summed E-state index contributed by atoms with van der Waals surface area (Å²) in [4.78, 5) is 4.61. The number of rotatable bonds is 5. The van der Waals surface area contributed by atoms with Crippen molar-refractivity contribution in [3.63, 3.8) is 0 Å². The molecule has 3 rings (SSSR count). The van der Waals surface area contributed by atoms with Crippen LogP contribution in [0.5, 0.6) is 0 Å². The van der Waals surface area contributed by atoms with Crippen LogP contribution >= 0.6 is 0 Å². The lowest BCUT2D eigenvalue weighted by atomic mass is 9.82. The second kappa shape index (κ2) is 7.10. The van der Waals surface area contributed by atoms with Crippen LogP contribution in [0.3, 0.4) is 0 Å². The van der Waals surface area contributed by atoms with E-state index in [1.807, 2.05) is 6.20 Å². The molecule has 1 aromatic heterocycles. The van der Waals surface area contributed by atoms with E-state index in [0.29, 0.717) is 18.4 Å². The van der Waals surface area contributed by atoms with Crippen LogP contribution in [0.2, 0.25) is 0 Å². The van der Waals surface area contributed by atoms with Gasteiger partial charge in [0, 0.05) is 31.1 Å². The average molecular weight is 298 g/mol. The first-order valence-corrected chi connectivity index (χ1v) is 8.52. The fourth-order valence-corrected chi connectivity index (χ4v) is 3.62. The number of benzene rings is 1. The van der Waals surface area contributed by atoms with Crippen molar-refractivity contribution >= 4 is 0 Å². The number of aromatic nitrogens is 2. The van der Waals surface area contributed by atoms with Crippen molar-refractivity contribution in [2.24, 2.45) is 11.8 Å². The zero-order valence-corrected chi connectivity index (χ0v) is 13.4. The summed E-state index contributed by atoms with van der Waals surface area (Å²) in [5, 5.41) is 9.27. The second-order valence-corrected chi connectivity index (χ2v) is 6.48. The van der Waals surface area contributed by atoms with Gasteiger partial charge in [0.1, 0.15) is 5.82 Å². The fraction of sp³-hybridized carbons (Fsp3) is 0.526. The number of hydrogen-bond acceptors (Lipinski definition) is 2. The molecule has 1 heterocycles. The van der Waals surface area contributed by atoms with E-state index in [-0.39, 0.29) is 0 Å². The summed E-state index contributed by atoms with van der Waals surface area (Å²) in [6.45, 7) is 3.60. The Kier molecular flexibility index (Phi) is 4.94. The molecule has 0 bridgehead atoms. The summed E-state index contributed by atoms with van der Waals surface area (Å²) >= 11 is 0. The molecule has 3 nitrogen and oxygen atoms in total. The minimum absolute atomic E-state index is 0.354. The van der Waals surface area contributed by atoms with Gasteiger partial charge in [0.05, 0.1) is 0 Å². The van der Waals surface area contributed by atoms with Crippen molar-refractivity contribution in [2.45, 2.75) is 45.6 Å². The molecule has 22 heavy (non-hydrogen) atoms. The Balaban J connectivity index is 1.75. The average Bonchev–Trinajstić information content (AvgIpc) is 3.03. The lowest BCUT2D eigenvalue weighted by Gasteiger charge is -2.28. The quantitative estimate of drug-likeness (QED) is 0.908. The maximum absolute atomic E-state index is 9.27. The lowest BCUT2D eigenvalue weighted by molar-refractivity contribution is 0.161. The SMILES string of the molecule is CCc1ccccc1-c1nccn1CC1CCC(CO)CC1. The van der Waals surface area contributed by atoms with Gasteiger partial charge in [-0.25, -0.2) is 4.98 Å². The molecule has 1 aliphatic carbocycles. The molecule has 0 radical (unpaired) electrons. The minimum Gasteiger partial charge on any atom is -0.396 e. The molecule has 3 heteroatoms. The van der Waals surface area contributed by atoms with Crippen molar-refractivity contribution in [1.29, 1.82) is 0 Å². The minimum atomic E-state index is 0.354. The van der Waals surface area contributed by atoms with Crippen molar-refractivity contribution in [3.05, 3.63) is 42.2 Å². The monoisotopic (exact) mass is 298 g/mol. The van der Waals surface area contributed by atoms with Gasteiger partial charge >= 0.3 is 0 Å². The van der Waals surface area contributed by atoms with Gasteiger partial charge in [-0.15, -0.1) is 0 Å². The highest BCUT2D eigenvalue weighted by molar-refractivity contribution is 5.60. The van der Waals surface area contributed by atoms with Gasteiger partial charge in [-0.1, -0.05) is 31.2 Å². The molecular weight excluding hydrogens is 272 g/mol. The topological polar surface area (TPSA) is 38.0 Å². The third kappa shape index (κ3) is 3.25. The highest BCUT2D eigenvalue weighted by Gasteiger charge is 2.22. The summed E-state index contributed by atoms with van der Waals surface area (Å²) in [7, 11) is 0. The van der Waals surface area contributed by atoms with Crippen LogP contribution in [0, 0.1) is 11.8 Å². The molecule has 2 aromatic rings. The maximum atomic E-state index is 9.27. The van der Waals surface area contributed by atoms with Crippen LogP contribution in [0.4, 0.5) is 0 Å². The molecule has 0 amide bonds. The number of aliphatic hydroxyl groups excluding tert-OH is 1. The van der Waals surface area contributed by atoms with E-state index in [2.05, 4.69) is 46.9 Å². The Morgan fingerprint density at radius 1 is 1.14 bits per heavy atom. The van der Waals surface area contributed by atoms with Gasteiger partial charge in [0.25, 0.3) is 0 Å². The number of nitrogens with zero attached hydrogens (tertiary/aromatic N) is 2. The maximum Gasteiger partial charge on any atom is 0.140 e. The van der Waals surface area contributed by atoms with Gasteiger partial charge in [-0.05, 0) is 49.5 Å². The standard InChI is InChI=1S/C19H26N2O/c1-2-17-5-3-4-6-18(17)19-20-11-12-21(19)13-15-7-9-16(14-22)10-8-15/h3-6,11-12,15-16,22H,2,7-10,13-14H2,1H3. The number of aryl methyl sites for hydroxylation is 1. The van der Waals surface area contributed by atoms with E-state index in [1.165, 1.54) is 24.0 Å². The van der Waals surface area contributed by atoms with Crippen molar-refractivity contribution in [2.75, 3.05) is 6.61 Å². The van der Waals surface area contributed by atoms with E-state index in [4.69, 9.17) is 0 Å². The largest absolute Gasteiger partial charge is 0.396 e. The van der Waals surface area contributed by atoms with E-state index in [0.717, 1.165) is 31.6 Å². The van der Waals surface area contributed by atoms with Crippen LogP contribution in [0.25, 0.3) is 11.4 Å². The van der Waals surface area contributed by atoms with Gasteiger partial charge in [-0.2, -0.15) is 0 Å². The number of imidazole rings is 1. The van der Waals surface area contributed by atoms with Gasteiger partial charge < -0.3 is 9.67 Å². The molecule has 0 spiro atoms. The second-order valence-electron chi connectivity index (χ2n) is 6.48. The molecule has 1 aliphatic rings. The molecule has 1 aromatic carbocycles. The van der Waals surface area contributed by atoms with Crippen molar-refractivity contribution in [3.8, 4) is 11.4 Å². The van der Waals surface area contributed by atoms with E-state index in [1.54, 1.807) is 0 Å². The predicted molar refractivity (Wildman–Crippen MR) is 89.6 cm³/mol. The highest BCUT2D eigenvalue weighted by Crippen LogP contribution is 2.31. The first-order valence-electron chi connectivity index (χ1n) is 8.52. The molecular formula is C19H26N2O. The highest BCUT2D eigenvalue weighted by atomic mass is 16.3. The normalized spacial score (nSPS) is 21.9. The Labute approximate surface area is 133 Å². The van der Waals surface area contributed by atoms with Crippen LogP contribution in [0.15, 0.2) is 36.7 Å². The Morgan fingerprint density at radius 2 is 1.86 bits per heavy atom. The summed E-state index contributed by atoms with van der Waals surface area (Å²) in [5.74, 6) is 2.34. The molecule has 118 valence electrons. The van der Waals surface area contributed by atoms with Crippen LogP contribution < -0.4 is 0 Å². The summed E-state index contributed by atoms with van der Waals surface area (Å²) in [6.07, 6.45) is 9.83. The third-order valence-electron chi connectivity index (χ3n) is 5.03. The van der Waals surface area contributed by atoms with E-state index in [9.17, 15) is 5.11 Å². The lowest BCUT2D eigenvalue weighted by Crippen LogP contribution is -2.21. The van der Waals surface area contributed by atoms with Crippen LogP contribution in [0.1, 0.15) is 38.2 Å². The third-order valence-corrected chi connectivity index (χ3v) is 5.03. The molecule has 1 fully saturated rings. The number of hydrogen-bond donors (Lipinski definition) is 1. The van der Waals surface area contributed by atoms with E-state index >= 15 is 0 Å². The molecule has 0 unspecified atom stereocenters. The Morgan fingerprint density at radius 3 is 2.59 bits per heavy atom. The Bertz CT molecular complexity index is 597. The molecule has 0 atom stereocenters. The summed E-state index contributed by atoms with van der Waals surface area (Å²) in [5.41, 5.74) is 2.62. The van der Waals surface area contributed by atoms with Gasteiger partial charge in [0.2, 0.25) is 0 Å².